The van der Waals surface area contributed by atoms with Crippen LogP contribution in [-0.2, 0) is 6.54 Å². The molecule has 0 spiro atoms. The van der Waals surface area contributed by atoms with E-state index in [2.05, 4.69) is 10.3 Å². The van der Waals surface area contributed by atoms with Crippen molar-refractivity contribution in [2.24, 2.45) is 0 Å². The highest BCUT2D eigenvalue weighted by molar-refractivity contribution is 5.94. The van der Waals surface area contributed by atoms with Gasteiger partial charge in [0.1, 0.15) is 11.5 Å². The lowest BCUT2D eigenvalue weighted by Gasteiger charge is -2.03. The van der Waals surface area contributed by atoms with Gasteiger partial charge in [-0.25, -0.2) is 9.78 Å². The second-order valence-electron chi connectivity index (χ2n) is 3.62. The molecule has 3 N–H and O–H groups in total. The number of aromatic nitrogens is 1. The van der Waals surface area contributed by atoms with E-state index in [1.807, 2.05) is 0 Å². The molecule has 2 aromatic rings. The van der Waals surface area contributed by atoms with Crippen LogP contribution in [0.2, 0.25) is 0 Å². The van der Waals surface area contributed by atoms with Gasteiger partial charge in [0.25, 0.3) is 5.91 Å². The van der Waals surface area contributed by atoms with Crippen molar-refractivity contribution < 1.29 is 24.2 Å². The van der Waals surface area contributed by atoms with Crippen LogP contribution in [0.4, 0.5) is 0 Å². The summed E-state index contributed by atoms with van der Waals surface area (Å²) in [6.07, 6.45) is 1.38. The van der Waals surface area contributed by atoms with Crippen molar-refractivity contribution in [2.45, 2.75) is 6.54 Å². The number of nitrogens with one attached hydrogen (secondary N) is 1. The van der Waals surface area contributed by atoms with E-state index < -0.39 is 11.9 Å². The highest BCUT2D eigenvalue weighted by atomic mass is 16.4. The first-order chi connectivity index (χ1) is 9.08. The number of aromatic hydroxyl groups is 1. The fourth-order valence-electron chi connectivity index (χ4n) is 1.41. The van der Waals surface area contributed by atoms with Gasteiger partial charge in [-0.05, 0) is 24.3 Å². The Morgan fingerprint density at radius 3 is 2.74 bits per heavy atom. The maximum Gasteiger partial charge on any atom is 0.371 e. The van der Waals surface area contributed by atoms with Crippen molar-refractivity contribution in [1.29, 1.82) is 0 Å². The lowest BCUT2D eigenvalue weighted by molar-refractivity contribution is 0.0660. The molecule has 2 heterocycles. The minimum absolute atomic E-state index is 0.00211. The average Bonchev–Trinajstić information content (AvgIpc) is 2.85. The summed E-state index contributed by atoms with van der Waals surface area (Å²) in [4.78, 5) is 26.0. The third kappa shape index (κ3) is 2.89. The number of carbonyl (C=O) groups excluding carboxylic acids is 1. The molecule has 0 unspecified atom stereocenters. The van der Waals surface area contributed by atoms with Gasteiger partial charge in [-0.3, -0.25) is 4.79 Å². The number of aromatic carboxylic acids is 1. The number of amides is 1. The van der Waals surface area contributed by atoms with Crippen LogP contribution in [0.3, 0.4) is 0 Å². The van der Waals surface area contributed by atoms with E-state index in [4.69, 9.17) is 9.52 Å². The Morgan fingerprint density at radius 2 is 2.11 bits per heavy atom. The second-order valence-corrected chi connectivity index (χ2v) is 3.62. The number of hydrogen-bond acceptors (Lipinski definition) is 5. The molecule has 0 aliphatic heterocycles. The third-order valence-electron chi connectivity index (χ3n) is 2.30. The molecule has 7 heteroatoms. The Labute approximate surface area is 107 Å². The van der Waals surface area contributed by atoms with E-state index in [1.54, 1.807) is 0 Å². The quantitative estimate of drug-likeness (QED) is 0.757. The van der Waals surface area contributed by atoms with Crippen molar-refractivity contribution in [3.05, 3.63) is 47.7 Å². The van der Waals surface area contributed by atoms with Crippen LogP contribution in [-0.4, -0.2) is 27.1 Å². The molecule has 2 aromatic heterocycles. The molecule has 0 saturated carbocycles. The SMILES string of the molecule is O=C(O)c1ccc(CNC(=O)c2ncccc2O)o1. The van der Waals surface area contributed by atoms with Crippen LogP contribution < -0.4 is 5.32 Å². The van der Waals surface area contributed by atoms with Gasteiger partial charge in [-0.15, -0.1) is 0 Å². The number of carboxylic acid groups (broad SMARTS) is 1. The first-order valence-electron chi connectivity index (χ1n) is 5.32. The van der Waals surface area contributed by atoms with E-state index in [-0.39, 0.29) is 23.7 Å². The predicted molar refractivity (Wildman–Crippen MR) is 62.7 cm³/mol. The molecule has 1 amide bonds. The lowest BCUT2D eigenvalue weighted by atomic mass is 10.3. The Hall–Kier alpha value is -2.83. The standard InChI is InChI=1S/C12H10N2O5/c15-8-2-1-5-13-10(8)11(16)14-6-7-3-4-9(19-7)12(17)18/h1-5,15H,6H2,(H,14,16)(H,17,18). The number of hydrogen-bond donors (Lipinski definition) is 3. The van der Waals surface area contributed by atoms with Gasteiger partial charge < -0.3 is 19.9 Å². The Kier molecular flexibility index (Phi) is 3.46. The summed E-state index contributed by atoms with van der Waals surface area (Å²) in [5.74, 6) is -1.90. The molecule has 7 nitrogen and oxygen atoms in total. The molecule has 0 aromatic carbocycles. The first kappa shape index (κ1) is 12.6. The van der Waals surface area contributed by atoms with Crippen molar-refractivity contribution >= 4 is 11.9 Å². The Bertz CT molecular complexity index is 620. The van der Waals surface area contributed by atoms with E-state index in [1.165, 1.54) is 30.5 Å². The van der Waals surface area contributed by atoms with Gasteiger partial charge >= 0.3 is 5.97 Å². The third-order valence-corrected chi connectivity index (χ3v) is 2.30. The van der Waals surface area contributed by atoms with Gasteiger partial charge in [-0.1, -0.05) is 0 Å². The number of nitrogens with zero attached hydrogens (tertiary/aromatic N) is 1. The Morgan fingerprint density at radius 1 is 1.32 bits per heavy atom. The maximum absolute atomic E-state index is 11.7. The zero-order valence-electron chi connectivity index (χ0n) is 9.66. The smallest absolute Gasteiger partial charge is 0.371 e. The van der Waals surface area contributed by atoms with E-state index in [9.17, 15) is 14.7 Å². The molecule has 0 saturated heterocycles. The number of carboxylic acids is 1. The van der Waals surface area contributed by atoms with Gasteiger partial charge in [0, 0.05) is 6.20 Å². The van der Waals surface area contributed by atoms with Gasteiger partial charge in [0.2, 0.25) is 5.76 Å². The Balaban J connectivity index is 2.00. The van der Waals surface area contributed by atoms with Gasteiger partial charge in [0.15, 0.2) is 5.69 Å². The number of rotatable bonds is 4. The summed E-state index contributed by atoms with van der Waals surface area (Å²) in [6, 6.07) is 5.58. The molecular weight excluding hydrogens is 252 g/mol. The summed E-state index contributed by atoms with van der Waals surface area (Å²) < 4.78 is 4.96. The van der Waals surface area contributed by atoms with E-state index >= 15 is 0 Å². The number of carbonyl (C=O) groups is 2. The van der Waals surface area contributed by atoms with Crippen LogP contribution >= 0.6 is 0 Å². The lowest BCUT2D eigenvalue weighted by Crippen LogP contribution is -2.23. The zero-order chi connectivity index (χ0) is 13.8. The summed E-state index contributed by atoms with van der Waals surface area (Å²) in [5.41, 5.74) is -0.104. The van der Waals surface area contributed by atoms with Crippen molar-refractivity contribution in [3.8, 4) is 5.75 Å². The van der Waals surface area contributed by atoms with Crippen LogP contribution in [0.1, 0.15) is 26.8 Å². The summed E-state index contributed by atoms with van der Waals surface area (Å²) in [5, 5.41) is 20.6. The molecule has 2 rings (SSSR count). The highest BCUT2D eigenvalue weighted by Crippen LogP contribution is 2.13. The predicted octanol–water partition coefficient (Wildman–Crippen LogP) is 1.01. The zero-order valence-corrected chi connectivity index (χ0v) is 9.66. The molecule has 0 radical (unpaired) electrons. The van der Waals surface area contributed by atoms with Crippen LogP contribution in [0.25, 0.3) is 0 Å². The first-order valence-corrected chi connectivity index (χ1v) is 5.32. The minimum atomic E-state index is -1.18. The van der Waals surface area contributed by atoms with Crippen LogP contribution in [0.15, 0.2) is 34.9 Å². The average molecular weight is 262 g/mol. The molecular formula is C12H10N2O5. The number of furan rings is 1. The molecule has 0 fully saturated rings. The molecule has 98 valence electrons. The van der Waals surface area contributed by atoms with E-state index in [0.717, 1.165) is 0 Å². The molecule has 0 bridgehead atoms. The minimum Gasteiger partial charge on any atom is -0.505 e. The monoisotopic (exact) mass is 262 g/mol. The molecule has 0 aliphatic carbocycles. The van der Waals surface area contributed by atoms with Gasteiger partial charge in [0.05, 0.1) is 6.54 Å². The van der Waals surface area contributed by atoms with Crippen molar-refractivity contribution in [3.63, 3.8) is 0 Å². The second kappa shape index (κ2) is 5.21. The fourth-order valence-corrected chi connectivity index (χ4v) is 1.41. The fraction of sp³-hybridized carbons (Fsp3) is 0.0833. The maximum atomic E-state index is 11.7. The number of pyridine rings is 1. The highest BCUT2D eigenvalue weighted by Gasteiger charge is 2.13. The molecule has 0 atom stereocenters. The van der Waals surface area contributed by atoms with Crippen molar-refractivity contribution in [2.75, 3.05) is 0 Å². The summed E-state index contributed by atoms with van der Waals surface area (Å²) >= 11 is 0. The van der Waals surface area contributed by atoms with Crippen LogP contribution in [0.5, 0.6) is 5.75 Å². The van der Waals surface area contributed by atoms with Crippen LogP contribution in [0, 0.1) is 0 Å². The topological polar surface area (TPSA) is 113 Å². The normalized spacial score (nSPS) is 10.1. The summed E-state index contributed by atoms with van der Waals surface area (Å²) in [6.45, 7) is 0.00211. The molecule has 19 heavy (non-hydrogen) atoms. The van der Waals surface area contributed by atoms with E-state index in [0.29, 0.717) is 5.76 Å². The van der Waals surface area contributed by atoms with Crippen molar-refractivity contribution in [1.82, 2.24) is 10.3 Å². The summed E-state index contributed by atoms with van der Waals surface area (Å²) in [7, 11) is 0. The van der Waals surface area contributed by atoms with Gasteiger partial charge in [-0.2, -0.15) is 0 Å². The largest absolute Gasteiger partial charge is 0.505 e. The molecule has 0 aliphatic rings.